The van der Waals surface area contributed by atoms with E-state index in [-0.39, 0.29) is 19.1 Å². The molecule has 0 aromatic heterocycles. The van der Waals surface area contributed by atoms with E-state index >= 15 is 0 Å². The van der Waals surface area contributed by atoms with Crippen LogP contribution < -0.4 is 4.72 Å². The smallest absolute Gasteiger partial charge is 0.315 e. The fourth-order valence-electron chi connectivity index (χ4n) is 2.03. The van der Waals surface area contributed by atoms with Crippen LogP contribution in [-0.4, -0.2) is 43.5 Å². The highest BCUT2D eigenvalue weighted by atomic mass is 32.2. The molecule has 1 amide bonds. The Hall–Kier alpha value is -1.58. The van der Waals surface area contributed by atoms with Gasteiger partial charge in [-0.15, -0.1) is 11.8 Å². The molecule has 0 unspecified atom stereocenters. The molecule has 0 bridgehead atoms. The predicted molar refractivity (Wildman–Crippen MR) is 86.7 cm³/mol. The first-order valence-electron chi connectivity index (χ1n) is 7.02. The van der Waals surface area contributed by atoms with Gasteiger partial charge in [-0.1, -0.05) is 24.3 Å². The van der Waals surface area contributed by atoms with E-state index in [9.17, 15) is 18.0 Å². The van der Waals surface area contributed by atoms with Crippen LogP contribution in [0.2, 0.25) is 0 Å². The number of thioether (sulfide) groups is 1. The van der Waals surface area contributed by atoms with Crippen molar-refractivity contribution in [1.82, 2.24) is 9.03 Å². The second-order valence-electron chi connectivity index (χ2n) is 4.91. The molecule has 0 saturated carbocycles. The highest BCUT2D eigenvalue weighted by molar-refractivity contribution is 7.99. The normalized spacial score (nSPS) is 17.0. The fraction of sp³-hybridized carbons (Fsp3) is 0.429. The van der Waals surface area contributed by atoms with E-state index in [2.05, 4.69) is 0 Å². The van der Waals surface area contributed by atoms with Gasteiger partial charge in [0.1, 0.15) is 0 Å². The Balaban J connectivity index is 1.85. The van der Waals surface area contributed by atoms with Crippen molar-refractivity contribution in [3.05, 3.63) is 35.4 Å². The molecule has 1 aromatic carbocycles. The molecule has 1 saturated heterocycles. The van der Waals surface area contributed by atoms with Crippen molar-refractivity contribution in [1.29, 1.82) is 0 Å². The van der Waals surface area contributed by atoms with Crippen molar-refractivity contribution in [2.45, 2.75) is 19.2 Å². The zero-order chi connectivity index (χ0) is 16.9. The van der Waals surface area contributed by atoms with Crippen LogP contribution in [0.3, 0.4) is 0 Å². The summed E-state index contributed by atoms with van der Waals surface area (Å²) in [5.41, 5.74) is 1.82. The van der Waals surface area contributed by atoms with Gasteiger partial charge in [-0.3, -0.25) is 9.59 Å². The molecule has 9 heteroatoms. The van der Waals surface area contributed by atoms with Crippen LogP contribution in [0, 0.1) is 0 Å². The van der Waals surface area contributed by atoms with Gasteiger partial charge in [-0.25, -0.2) is 4.72 Å². The lowest BCUT2D eigenvalue weighted by atomic mass is 10.1. The number of ether oxygens (including phenoxy) is 1. The van der Waals surface area contributed by atoms with E-state index in [1.54, 1.807) is 6.92 Å². The van der Waals surface area contributed by atoms with E-state index in [0.29, 0.717) is 18.1 Å². The summed E-state index contributed by atoms with van der Waals surface area (Å²) in [4.78, 5) is 22.4. The lowest BCUT2D eigenvalue weighted by Crippen LogP contribution is -2.29. The minimum atomic E-state index is -3.70. The molecule has 1 fully saturated rings. The third-order valence-corrected chi connectivity index (χ3v) is 5.48. The van der Waals surface area contributed by atoms with E-state index in [0.717, 1.165) is 15.4 Å². The second kappa shape index (κ2) is 7.80. The predicted octanol–water partition coefficient (Wildman–Crippen LogP) is 0.659. The maximum absolute atomic E-state index is 11.6. The summed E-state index contributed by atoms with van der Waals surface area (Å²) in [6.07, 6.45) is 0. The van der Waals surface area contributed by atoms with Crippen molar-refractivity contribution in [2.24, 2.45) is 0 Å². The molecule has 0 atom stereocenters. The quantitative estimate of drug-likeness (QED) is 0.720. The van der Waals surface area contributed by atoms with Crippen LogP contribution in [0.25, 0.3) is 0 Å². The van der Waals surface area contributed by atoms with Gasteiger partial charge in [0.25, 0.3) is 0 Å². The highest BCUT2D eigenvalue weighted by Gasteiger charge is 2.33. The molecule has 1 heterocycles. The van der Waals surface area contributed by atoms with E-state index in [1.807, 2.05) is 29.0 Å². The molecule has 0 radical (unpaired) electrons. The molecule has 0 aliphatic carbocycles. The first-order valence-corrected chi connectivity index (χ1v) is 9.62. The molecular formula is C14H18N2O5S2. The van der Waals surface area contributed by atoms with Gasteiger partial charge >= 0.3 is 16.2 Å². The van der Waals surface area contributed by atoms with Gasteiger partial charge in [-0.05, 0) is 18.1 Å². The number of benzene rings is 1. The third-order valence-electron chi connectivity index (χ3n) is 3.08. The number of hydrogen-bond acceptors (Lipinski definition) is 6. The van der Waals surface area contributed by atoms with Gasteiger partial charge in [0.15, 0.2) is 0 Å². The van der Waals surface area contributed by atoms with Crippen molar-refractivity contribution >= 4 is 33.8 Å². The number of carbonyl (C=O) groups excluding carboxylic acids is 2. The zero-order valence-electron chi connectivity index (χ0n) is 12.6. The summed E-state index contributed by atoms with van der Waals surface area (Å²) in [5.74, 6) is 0.221. The summed E-state index contributed by atoms with van der Waals surface area (Å²) < 4.78 is 31.2. The summed E-state index contributed by atoms with van der Waals surface area (Å²) in [6, 6.07) is 7.40. The minimum absolute atomic E-state index is 0.150. The molecule has 1 aliphatic rings. The van der Waals surface area contributed by atoms with Crippen LogP contribution in [0.5, 0.6) is 0 Å². The zero-order valence-corrected chi connectivity index (χ0v) is 14.3. The first-order chi connectivity index (χ1) is 10.9. The fourth-order valence-corrected chi connectivity index (χ4v) is 3.89. The minimum Gasteiger partial charge on any atom is -0.465 e. The maximum atomic E-state index is 11.6. The Kier molecular flexibility index (Phi) is 6.03. The number of nitrogens with one attached hydrogen (secondary N) is 1. The second-order valence-corrected chi connectivity index (χ2v) is 7.57. The molecular weight excluding hydrogens is 340 g/mol. The average Bonchev–Trinajstić information content (AvgIpc) is 2.73. The summed E-state index contributed by atoms with van der Waals surface area (Å²) in [6.45, 7) is 2.15. The number of nitrogens with zero attached hydrogens (tertiary/aromatic N) is 1. The Morgan fingerprint density at radius 1 is 1.30 bits per heavy atom. The van der Waals surface area contributed by atoms with Crippen molar-refractivity contribution in [2.75, 3.05) is 18.9 Å². The van der Waals surface area contributed by atoms with Gasteiger partial charge < -0.3 is 4.74 Å². The molecule has 1 aromatic rings. The number of rotatable bonds is 7. The summed E-state index contributed by atoms with van der Waals surface area (Å²) in [5, 5.41) is 0. The van der Waals surface area contributed by atoms with Gasteiger partial charge in [0.2, 0.25) is 5.91 Å². The van der Waals surface area contributed by atoms with Crippen LogP contribution in [0.15, 0.2) is 24.3 Å². The Labute approximate surface area is 139 Å². The summed E-state index contributed by atoms with van der Waals surface area (Å²) >= 11 is 1.46. The average molecular weight is 358 g/mol. The number of carbonyl (C=O) groups is 2. The molecule has 0 spiro atoms. The third kappa shape index (κ3) is 5.22. The van der Waals surface area contributed by atoms with Crippen molar-refractivity contribution in [3.8, 4) is 0 Å². The Morgan fingerprint density at radius 3 is 2.52 bits per heavy atom. The van der Waals surface area contributed by atoms with Crippen molar-refractivity contribution in [3.63, 3.8) is 0 Å². The van der Waals surface area contributed by atoms with Crippen LogP contribution in [-0.2, 0) is 36.8 Å². The first kappa shape index (κ1) is 17.8. The lowest BCUT2D eigenvalue weighted by molar-refractivity contribution is -0.139. The SMILES string of the molecule is CCOC(=O)CSCc1ccc(CN2CC(=O)NS2(=O)=O)cc1. The number of hydrogen-bond donors (Lipinski definition) is 1. The standard InChI is InChI=1S/C14H18N2O5S2/c1-2-21-14(18)10-22-9-12-5-3-11(4-6-12)7-16-8-13(17)15-23(16,19)20/h3-6H,2,7-10H2,1H3,(H,15,17). The van der Waals surface area contributed by atoms with Gasteiger partial charge in [0, 0.05) is 12.3 Å². The number of esters is 1. The number of amides is 1. The lowest BCUT2D eigenvalue weighted by Gasteiger charge is -2.12. The molecule has 23 heavy (non-hydrogen) atoms. The molecule has 1 N–H and O–H groups in total. The molecule has 7 nitrogen and oxygen atoms in total. The van der Waals surface area contributed by atoms with Crippen molar-refractivity contribution < 1.29 is 22.7 Å². The molecule has 1 aliphatic heterocycles. The summed E-state index contributed by atoms with van der Waals surface area (Å²) in [7, 11) is -3.70. The topological polar surface area (TPSA) is 92.8 Å². The maximum Gasteiger partial charge on any atom is 0.315 e. The highest BCUT2D eigenvalue weighted by Crippen LogP contribution is 2.16. The van der Waals surface area contributed by atoms with E-state index < -0.39 is 16.1 Å². The monoisotopic (exact) mass is 358 g/mol. The van der Waals surface area contributed by atoms with Gasteiger partial charge in [-0.2, -0.15) is 12.7 Å². The van der Waals surface area contributed by atoms with Crippen LogP contribution >= 0.6 is 11.8 Å². The largest absolute Gasteiger partial charge is 0.465 e. The Bertz CT molecular complexity index is 673. The van der Waals surface area contributed by atoms with Gasteiger partial charge in [0.05, 0.1) is 18.9 Å². The van der Waals surface area contributed by atoms with E-state index in [1.165, 1.54) is 11.8 Å². The van der Waals surface area contributed by atoms with E-state index in [4.69, 9.17) is 4.74 Å². The van der Waals surface area contributed by atoms with Crippen LogP contribution in [0.1, 0.15) is 18.1 Å². The molecule has 2 rings (SSSR count). The molecule has 126 valence electrons. The van der Waals surface area contributed by atoms with Crippen LogP contribution in [0.4, 0.5) is 0 Å². The Morgan fingerprint density at radius 2 is 1.96 bits per heavy atom.